The minimum Gasteiger partial charge on any atom is -0.327 e. The van der Waals surface area contributed by atoms with Gasteiger partial charge in [0.25, 0.3) is 5.92 Å². The molecule has 2 unspecified atom stereocenters. The summed E-state index contributed by atoms with van der Waals surface area (Å²) in [6.45, 7) is 1.45. The maximum absolute atomic E-state index is 13.4. The SMILES string of the molecule is NC1CCCN(C2CCCC2(F)F)C1. The summed E-state index contributed by atoms with van der Waals surface area (Å²) >= 11 is 0. The molecule has 0 aromatic carbocycles. The quantitative estimate of drug-likeness (QED) is 0.703. The lowest BCUT2D eigenvalue weighted by Crippen LogP contribution is -2.52. The van der Waals surface area contributed by atoms with Crippen molar-refractivity contribution in [3.05, 3.63) is 0 Å². The van der Waals surface area contributed by atoms with Crippen molar-refractivity contribution in [2.24, 2.45) is 5.73 Å². The molecule has 2 N–H and O–H groups in total. The molecule has 82 valence electrons. The molecule has 14 heavy (non-hydrogen) atoms. The highest BCUT2D eigenvalue weighted by Gasteiger charge is 2.47. The third kappa shape index (κ3) is 1.91. The molecule has 2 nitrogen and oxygen atoms in total. The summed E-state index contributed by atoms with van der Waals surface area (Å²) in [5.41, 5.74) is 5.79. The van der Waals surface area contributed by atoms with E-state index >= 15 is 0 Å². The van der Waals surface area contributed by atoms with Gasteiger partial charge in [0.15, 0.2) is 0 Å². The van der Waals surface area contributed by atoms with Crippen LogP contribution in [0, 0.1) is 0 Å². The van der Waals surface area contributed by atoms with Crippen molar-refractivity contribution in [3.8, 4) is 0 Å². The highest BCUT2D eigenvalue weighted by atomic mass is 19.3. The lowest BCUT2D eigenvalue weighted by molar-refractivity contribution is -0.0673. The molecule has 2 rings (SSSR count). The van der Waals surface area contributed by atoms with Crippen LogP contribution in [0.5, 0.6) is 0 Å². The van der Waals surface area contributed by atoms with Gasteiger partial charge in [-0.25, -0.2) is 8.78 Å². The molecular formula is C10H18F2N2. The third-order valence-electron chi connectivity index (χ3n) is 3.41. The first kappa shape index (κ1) is 10.3. The lowest BCUT2D eigenvalue weighted by atomic mass is 10.0. The summed E-state index contributed by atoms with van der Waals surface area (Å²) in [5.74, 6) is -2.48. The first-order valence-corrected chi connectivity index (χ1v) is 5.47. The second kappa shape index (κ2) is 3.74. The van der Waals surface area contributed by atoms with E-state index in [0.717, 1.165) is 19.4 Å². The number of nitrogens with zero attached hydrogens (tertiary/aromatic N) is 1. The van der Waals surface area contributed by atoms with E-state index in [4.69, 9.17) is 5.73 Å². The standard InChI is InChI=1S/C10H18F2N2/c11-10(12)5-1-4-9(10)14-6-2-3-8(13)7-14/h8-9H,1-7,13H2. The number of likely N-dealkylation sites (tertiary alicyclic amines) is 1. The second-order valence-corrected chi connectivity index (χ2v) is 4.57. The molecule has 2 atom stereocenters. The Hall–Kier alpha value is -0.220. The van der Waals surface area contributed by atoms with Crippen LogP contribution in [-0.2, 0) is 0 Å². The van der Waals surface area contributed by atoms with E-state index in [1.54, 1.807) is 0 Å². The van der Waals surface area contributed by atoms with Gasteiger partial charge in [0.05, 0.1) is 6.04 Å². The number of alkyl halides is 2. The van der Waals surface area contributed by atoms with Gasteiger partial charge in [-0.2, -0.15) is 0 Å². The first-order chi connectivity index (χ1) is 6.59. The summed E-state index contributed by atoms with van der Waals surface area (Å²) in [7, 11) is 0. The summed E-state index contributed by atoms with van der Waals surface area (Å²) in [4.78, 5) is 1.90. The van der Waals surface area contributed by atoms with Gasteiger partial charge in [-0.3, -0.25) is 4.90 Å². The maximum atomic E-state index is 13.4. The Morgan fingerprint density at radius 1 is 1.21 bits per heavy atom. The molecule has 1 heterocycles. The molecule has 2 fully saturated rings. The molecule has 1 aliphatic heterocycles. The van der Waals surface area contributed by atoms with Crippen molar-refractivity contribution < 1.29 is 8.78 Å². The molecule has 2 aliphatic rings. The Morgan fingerprint density at radius 2 is 2.00 bits per heavy atom. The lowest BCUT2D eigenvalue weighted by Gasteiger charge is -2.37. The monoisotopic (exact) mass is 204 g/mol. The molecule has 0 aromatic heterocycles. The van der Waals surface area contributed by atoms with Gasteiger partial charge in [-0.1, -0.05) is 0 Å². The Balaban J connectivity index is 2.00. The minimum atomic E-state index is -2.48. The Bertz CT molecular complexity index is 208. The Kier molecular flexibility index (Phi) is 2.75. The van der Waals surface area contributed by atoms with Gasteiger partial charge in [-0.05, 0) is 32.2 Å². The summed E-state index contributed by atoms with van der Waals surface area (Å²) < 4.78 is 26.9. The van der Waals surface area contributed by atoms with Crippen molar-refractivity contribution in [1.82, 2.24) is 4.90 Å². The number of hydrogen-bond acceptors (Lipinski definition) is 2. The van der Waals surface area contributed by atoms with Crippen LogP contribution in [0.4, 0.5) is 8.78 Å². The minimum absolute atomic E-state index is 0.0589. The van der Waals surface area contributed by atoms with E-state index in [0.29, 0.717) is 19.4 Å². The van der Waals surface area contributed by atoms with Crippen LogP contribution in [0.2, 0.25) is 0 Å². The van der Waals surface area contributed by atoms with Crippen LogP contribution in [0.15, 0.2) is 0 Å². The van der Waals surface area contributed by atoms with Gasteiger partial charge in [0, 0.05) is 19.0 Å². The Morgan fingerprint density at radius 3 is 2.57 bits per heavy atom. The van der Waals surface area contributed by atoms with Crippen molar-refractivity contribution in [1.29, 1.82) is 0 Å². The number of hydrogen-bond donors (Lipinski definition) is 1. The van der Waals surface area contributed by atoms with E-state index < -0.39 is 12.0 Å². The molecule has 1 aliphatic carbocycles. The first-order valence-electron chi connectivity index (χ1n) is 5.47. The van der Waals surface area contributed by atoms with Gasteiger partial charge < -0.3 is 5.73 Å². The fraction of sp³-hybridized carbons (Fsp3) is 1.00. The van der Waals surface area contributed by atoms with Gasteiger partial charge >= 0.3 is 0 Å². The van der Waals surface area contributed by atoms with Gasteiger partial charge in [0.2, 0.25) is 0 Å². The van der Waals surface area contributed by atoms with Crippen LogP contribution < -0.4 is 5.73 Å². The van der Waals surface area contributed by atoms with Crippen LogP contribution >= 0.6 is 0 Å². The fourth-order valence-electron chi connectivity index (χ4n) is 2.68. The summed E-state index contributed by atoms with van der Waals surface area (Å²) in [5, 5.41) is 0. The number of rotatable bonds is 1. The second-order valence-electron chi connectivity index (χ2n) is 4.57. The highest BCUT2D eigenvalue weighted by molar-refractivity contribution is 4.93. The average Bonchev–Trinajstić information content (AvgIpc) is 2.45. The fourth-order valence-corrected chi connectivity index (χ4v) is 2.68. The van der Waals surface area contributed by atoms with Crippen molar-refractivity contribution in [3.63, 3.8) is 0 Å². The zero-order valence-electron chi connectivity index (χ0n) is 8.38. The highest BCUT2D eigenvalue weighted by Crippen LogP contribution is 2.39. The smallest absolute Gasteiger partial charge is 0.263 e. The molecule has 0 spiro atoms. The van der Waals surface area contributed by atoms with Crippen molar-refractivity contribution in [2.45, 2.75) is 50.1 Å². The Labute approximate surface area is 83.4 Å². The molecule has 0 bridgehead atoms. The number of halogens is 2. The molecule has 0 aromatic rings. The van der Waals surface area contributed by atoms with E-state index in [-0.39, 0.29) is 12.5 Å². The van der Waals surface area contributed by atoms with Gasteiger partial charge in [-0.15, -0.1) is 0 Å². The average molecular weight is 204 g/mol. The van der Waals surface area contributed by atoms with Crippen molar-refractivity contribution in [2.75, 3.05) is 13.1 Å². The molecule has 1 saturated carbocycles. The predicted molar refractivity (Wildman–Crippen MR) is 51.4 cm³/mol. The van der Waals surface area contributed by atoms with Crippen molar-refractivity contribution >= 4 is 0 Å². The van der Waals surface area contributed by atoms with Gasteiger partial charge in [0.1, 0.15) is 0 Å². The third-order valence-corrected chi connectivity index (χ3v) is 3.41. The zero-order chi connectivity index (χ0) is 10.2. The van der Waals surface area contributed by atoms with E-state index in [9.17, 15) is 8.78 Å². The number of nitrogens with two attached hydrogens (primary N) is 1. The molecule has 1 saturated heterocycles. The molecular weight excluding hydrogens is 186 g/mol. The van der Waals surface area contributed by atoms with Crippen LogP contribution in [-0.4, -0.2) is 36.0 Å². The normalized spacial score (nSPS) is 38.8. The molecule has 4 heteroatoms. The van der Waals surface area contributed by atoms with Crippen LogP contribution in [0.3, 0.4) is 0 Å². The van der Waals surface area contributed by atoms with Crippen LogP contribution in [0.25, 0.3) is 0 Å². The van der Waals surface area contributed by atoms with Crippen LogP contribution in [0.1, 0.15) is 32.1 Å². The predicted octanol–water partition coefficient (Wildman–Crippen LogP) is 1.60. The van der Waals surface area contributed by atoms with E-state index in [2.05, 4.69) is 0 Å². The van der Waals surface area contributed by atoms with E-state index in [1.807, 2.05) is 4.90 Å². The zero-order valence-corrected chi connectivity index (χ0v) is 8.38. The molecule has 0 amide bonds. The summed E-state index contributed by atoms with van der Waals surface area (Å²) in [6, 6.07) is -0.436. The molecule has 0 radical (unpaired) electrons. The topological polar surface area (TPSA) is 29.3 Å². The maximum Gasteiger partial charge on any atom is 0.263 e. The summed E-state index contributed by atoms with van der Waals surface area (Å²) in [6.07, 6.45) is 3.30. The largest absolute Gasteiger partial charge is 0.327 e. The number of piperidine rings is 1. The van der Waals surface area contributed by atoms with E-state index in [1.165, 1.54) is 0 Å².